The first kappa shape index (κ1) is 28.9. The normalized spacial score (nSPS) is 24.0. The number of aryl methyl sites for hydroxylation is 1. The van der Waals surface area contributed by atoms with Gasteiger partial charge in [-0.25, -0.2) is 14.2 Å². The molecule has 3 atom stereocenters. The molecular formula is C33H33FN4O5S. The third-order valence-corrected chi connectivity index (χ3v) is 10.3. The van der Waals surface area contributed by atoms with E-state index >= 15 is 4.39 Å². The molecule has 7 rings (SSSR count). The van der Waals surface area contributed by atoms with Crippen molar-refractivity contribution in [1.29, 1.82) is 5.26 Å². The number of carboxylic acids is 1. The summed E-state index contributed by atoms with van der Waals surface area (Å²) in [7, 11) is 0. The van der Waals surface area contributed by atoms with Gasteiger partial charge < -0.3 is 23.9 Å². The van der Waals surface area contributed by atoms with Gasteiger partial charge in [0.15, 0.2) is 0 Å². The lowest BCUT2D eigenvalue weighted by Crippen LogP contribution is -2.43. The molecule has 2 fully saturated rings. The fourth-order valence-corrected chi connectivity index (χ4v) is 7.77. The Labute approximate surface area is 258 Å². The summed E-state index contributed by atoms with van der Waals surface area (Å²) in [6.07, 6.45) is 2.55. The first-order valence-corrected chi connectivity index (χ1v) is 15.8. The molecule has 44 heavy (non-hydrogen) atoms. The number of hydrogen-bond donors (Lipinski definition) is 1. The van der Waals surface area contributed by atoms with Crippen molar-refractivity contribution in [3.63, 3.8) is 0 Å². The molecule has 1 N–H and O–H groups in total. The summed E-state index contributed by atoms with van der Waals surface area (Å²) < 4.78 is 36.0. The number of thiophene rings is 1. The van der Waals surface area contributed by atoms with Gasteiger partial charge in [-0.15, -0.1) is 11.3 Å². The van der Waals surface area contributed by atoms with E-state index in [1.807, 2.05) is 37.3 Å². The summed E-state index contributed by atoms with van der Waals surface area (Å²) in [5, 5.41) is 18.9. The van der Waals surface area contributed by atoms with Crippen molar-refractivity contribution in [3.05, 3.63) is 81.2 Å². The lowest BCUT2D eigenvalue weighted by Gasteiger charge is -2.44. The predicted molar refractivity (Wildman–Crippen MR) is 161 cm³/mol. The van der Waals surface area contributed by atoms with Crippen LogP contribution in [0.1, 0.15) is 70.0 Å². The number of ether oxygens (including phenoxy) is 3. The van der Waals surface area contributed by atoms with Crippen LogP contribution >= 0.6 is 11.3 Å². The molecule has 2 aromatic carbocycles. The summed E-state index contributed by atoms with van der Waals surface area (Å²) in [6.45, 7) is 7.33. The standard InChI is InChI=1S/C33H33FN4O5S/c1-19-28-31(44-30(19)32(39)40)36-27(38(28)17-22-11-14-41-22)18-37-12-9-21(10-13-37)29-23-5-3-4-6-26(23)42-33(2,43-29)24-8-7-20(16-35)15-25(24)34/h3-8,15,21-22,29H,9-14,17-18H2,1-2H3,(H,39,40)/t22-,29?,33?/m0/s1. The number of nitrogens with zero attached hydrogens (tertiary/aromatic N) is 4. The molecule has 0 bridgehead atoms. The highest BCUT2D eigenvalue weighted by molar-refractivity contribution is 7.20. The number of fused-ring (bicyclic) bond motifs is 2. The second-order valence-electron chi connectivity index (χ2n) is 12.0. The number of rotatable bonds is 7. The van der Waals surface area contributed by atoms with Crippen LogP contribution in [0.4, 0.5) is 4.39 Å². The number of carbonyl (C=O) groups is 1. The maximum atomic E-state index is 15.2. The minimum absolute atomic E-state index is 0.116. The molecule has 0 aliphatic carbocycles. The van der Waals surface area contributed by atoms with E-state index in [0.717, 1.165) is 66.3 Å². The lowest BCUT2D eigenvalue weighted by atomic mass is 9.85. The smallest absolute Gasteiger partial charge is 0.346 e. The molecule has 11 heteroatoms. The van der Waals surface area contributed by atoms with Gasteiger partial charge in [0.1, 0.15) is 27.1 Å². The van der Waals surface area contributed by atoms with Crippen LogP contribution in [0.5, 0.6) is 5.75 Å². The predicted octanol–water partition coefficient (Wildman–Crippen LogP) is 6.14. The first-order valence-electron chi connectivity index (χ1n) is 15.0. The quantitative estimate of drug-likeness (QED) is 0.264. The number of aromatic nitrogens is 2. The largest absolute Gasteiger partial charge is 0.477 e. The van der Waals surface area contributed by atoms with Crippen molar-refractivity contribution >= 4 is 27.7 Å². The Hall–Kier alpha value is -3.82. The SMILES string of the molecule is Cc1c(C(=O)O)sc2nc(CN3CCC(C4OC(C)(c5ccc(C#N)cc5F)Oc5ccccc54)CC3)n(C[C@@H]3CCO3)c12. The Morgan fingerprint density at radius 2 is 2.00 bits per heavy atom. The highest BCUT2D eigenvalue weighted by Crippen LogP contribution is 2.49. The van der Waals surface area contributed by atoms with E-state index in [-0.39, 0.29) is 29.3 Å². The van der Waals surface area contributed by atoms with E-state index in [1.54, 1.807) is 19.1 Å². The second kappa shape index (κ2) is 11.3. The molecule has 3 aliphatic rings. The van der Waals surface area contributed by atoms with E-state index in [0.29, 0.717) is 23.7 Å². The van der Waals surface area contributed by atoms with Crippen molar-refractivity contribution in [2.75, 3.05) is 19.7 Å². The van der Waals surface area contributed by atoms with E-state index in [2.05, 4.69) is 9.47 Å². The fourth-order valence-electron chi connectivity index (χ4n) is 6.73. The Morgan fingerprint density at radius 1 is 1.23 bits per heavy atom. The summed E-state index contributed by atoms with van der Waals surface area (Å²) in [4.78, 5) is 20.2. The Kier molecular flexibility index (Phi) is 7.41. The van der Waals surface area contributed by atoms with Crippen LogP contribution in [-0.2, 0) is 28.4 Å². The van der Waals surface area contributed by atoms with Gasteiger partial charge in [-0.3, -0.25) is 4.90 Å². The number of carboxylic acid groups (broad SMARTS) is 1. The van der Waals surface area contributed by atoms with Crippen LogP contribution in [0.2, 0.25) is 0 Å². The minimum atomic E-state index is -1.35. The van der Waals surface area contributed by atoms with Crippen LogP contribution < -0.4 is 4.74 Å². The molecule has 5 heterocycles. The summed E-state index contributed by atoms with van der Waals surface area (Å²) in [5.41, 5.74) is 3.12. The molecule has 2 aromatic heterocycles. The van der Waals surface area contributed by atoms with Gasteiger partial charge in [-0.1, -0.05) is 18.2 Å². The number of nitriles is 1. The minimum Gasteiger partial charge on any atom is -0.477 e. The molecule has 0 radical (unpaired) electrons. The number of benzene rings is 2. The van der Waals surface area contributed by atoms with Crippen LogP contribution in [0, 0.1) is 30.0 Å². The van der Waals surface area contributed by atoms with Crippen molar-refractivity contribution in [3.8, 4) is 11.8 Å². The average Bonchev–Trinajstić information content (AvgIpc) is 3.50. The molecule has 0 amide bonds. The van der Waals surface area contributed by atoms with Gasteiger partial charge in [0.25, 0.3) is 0 Å². The molecule has 2 saturated heterocycles. The average molecular weight is 617 g/mol. The molecule has 2 unspecified atom stereocenters. The van der Waals surface area contributed by atoms with Crippen molar-refractivity contribution in [1.82, 2.24) is 14.5 Å². The Bertz CT molecular complexity index is 1780. The van der Waals surface area contributed by atoms with Crippen LogP contribution in [0.25, 0.3) is 10.3 Å². The third kappa shape index (κ3) is 5.06. The monoisotopic (exact) mass is 616 g/mol. The zero-order chi connectivity index (χ0) is 30.6. The topological polar surface area (TPSA) is 110 Å². The second-order valence-corrected chi connectivity index (χ2v) is 13.0. The van der Waals surface area contributed by atoms with Gasteiger partial charge in [0.2, 0.25) is 5.79 Å². The Morgan fingerprint density at radius 3 is 2.68 bits per heavy atom. The van der Waals surface area contributed by atoms with Gasteiger partial charge in [0.05, 0.1) is 48.0 Å². The number of piperidine rings is 1. The third-order valence-electron chi connectivity index (χ3n) is 9.18. The highest BCUT2D eigenvalue weighted by atomic mass is 32.1. The summed E-state index contributed by atoms with van der Waals surface area (Å²) in [6, 6.07) is 14.1. The maximum Gasteiger partial charge on any atom is 0.346 e. The highest BCUT2D eigenvalue weighted by Gasteiger charge is 2.44. The van der Waals surface area contributed by atoms with Crippen molar-refractivity contribution in [2.45, 2.75) is 64.2 Å². The van der Waals surface area contributed by atoms with E-state index in [9.17, 15) is 15.2 Å². The van der Waals surface area contributed by atoms with Gasteiger partial charge in [0, 0.05) is 24.7 Å². The lowest BCUT2D eigenvalue weighted by molar-refractivity contribution is -0.243. The van der Waals surface area contributed by atoms with Gasteiger partial charge in [-0.2, -0.15) is 5.26 Å². The molecule has 3 aliphatic heterocycles. The summed E-state index contributed by atoms with van der Waals surface area (Å²) in [5.74, 6) is -1.01. The van der Waals surface area contributed by atoms with Crippen LogP contribution in [-0.4, -0.2) is 51.3 Å². The zero-order valence-corrected chi connectivity index (χ0v) is 25.4. The molecule has 228 valence electrons. The number of para-hydroxylation sites is 1. The number of hydrogen-bond acceptors (Lipinski definition) is 8. The van der Waals surface area contributed by atoms with Crippen molar-refractivity contribution in [2.24, 2.45) is 5.92 Å². The molecule has 4 aromatic rings. The molecule has 0 saturated carbocycles. The molecule has 0 spiro atoms. The van der Waals surface area contributed by atoms with Crippen molar-refractivity contribution < 1.29 is 28.5 Å². The molecule has 9 nitrogen and oxygen atoms in total. The Balaban J connectivity index is 1.11. The number of imidazole rings is 1. The fraction of sp³-hybridized carbons (Fsp3) is 0.424. The zero-order valence-electron chi connectivity index (χ0n) is 24.6. The van der Waals surface area contributed by atoms with E-state index in [1.165, 1.54) is 17.4 Å². The van der Waals surface area contributed by atoms with Gasteiger partial charge >= 0.3 is 5.97 Å². The van der Waals surface area contributed by atoms with Crippen LogP contribution in [0.15, 0.2) is 42.5 Å². The van der Waals surface area contributed by atoms with E-state index in [4.69, 9.17) is 19.2 Å². The first-order chi connectivity index (χ1) is 21.2. The van der Waals surface area contributed by atoms with Crippen LogP contribution in [0.3, 0.4) is 0 Å². The maximum absolute atomic E-state index is 15.2. The number of halogens is 1. The number of aromatic carboxylic acids is 1. The molecular weight excluding hydrogens is 583 g/mol. The van der Waals surface area contributed by atoms with Gasteiger partial charge in [-0.05, 0) is 69.5 Å². The summed E-state index contributed by atoms with van der Waals surface area (Å²) >= 11 is 1.23. The van der Waals surface area contributed by atoms with E-state index < -0.39 is 17.6 Å². The number of likely N-dealkylation sites (tertiary alicyclic amines) is 1.